The molecule has 4 aromatic rings. The normalized spacial score (nSPS) is 10.7. The van der Waals surface area contributed by atoms with Crippen LogP contribution in [0.25, 0.3) is 11.0 Å². The molecule has 0 radical (unpaired) electrons. The van der Waals surface area contributed by atoms with Crippen molar-refractivity contribution in [2.24, 2.45) is 0 Å². The van der Waals surface area contributed by atoms with E-state index in [0.717, 1.165) is 5.56 Å². The molecule has 0 spiro atoms. The highest BCUT2D eigenvalue weighted by atomic mass is 35.5. The molecule has 0 unspecified atom stereocenters. The van der Waals surface area contributed by atoms with E-state index in [2.05, 4.69) is 0 Å². The Kier molecular flexibility index (Phi) is 5.06. The lowest BCUT2D eigenvalue weighted by molar-refractivity contribution is 0.0735. The summed E-state index contributed by atoms with van der Waals surface area (Å²) < 4.78 is 16.5. The molecule has 1 aromatic heterocycles. The molecule has 29 heavy (non-hydrogen) atoms. The Labute approximate surface area is 171 Å². The van der Waals surface area contributed by atoms with Crippen LogP contribution in [0.3, 0.4) is 0 Å². The Bertz CT molecular complexity index is 1280. The molecule has 0 saturated carbocycles. The average Bonchev–Trinajstić information content (AvgIpc) is 2.70. The van der Waals surface area contributed by atoms with E-state index < -0.39 is 5.97 Å². The highest BCUT2D eigenvalue weighted by Crippen LogP contribution is 2.25. The second kappa shape index (κ2) is 7.81. The number of hydrogen-bond acceptors (Lipinski definition) is 5. The Morgan fingerprint density at radius 3 is 2.59 bits per heavy atom. The lowest BCUT2D eigenvalue weighted by Crippen LogP contribution is -2.09. The summed E-state index contributed by atoms with van der Waals surface area (Å²) in [5.74, 6) is 0.307. The Balaban J connectivity index is 1.60. The van der Waals surface area contributed by atoms with Crippen molar-refractivity contribution in [2.45, 2.75) is 6.92 Å². The predicted octanol–water partition coefficient (Wildman–Crippen LogP) is 5.77. The molecule has 3 aromatic carbocycles. The molecule has 0 bridgehead atoms. The molecule has 1 heterocycles. The predicted molar refractivity (Wildman–Crippen MR) is 110 cm³/mol. The van der Waals surface area contributed by atoms with Gasteiger partial charge in [-0.25, -0.2) is 4.79 Å². The van der Waals surface area contributed by atoms with Gasteiger partial charge in [0.25, 0.3) is 0 Å². The third kappa shape index (κ3) is 4.15. The zero-order valence-electron chi connectivity index (χ0n) is 15.3. The van der Waals surface area contributed by atoms with Gasteiger partial charge < -0.3 is 13.9 Å². The molecule has 0 saturated heterocycles. The Morgan fingerprint density at radius 2 is 1.79 bits per heavy atom. The minimum Gasteiger partial charge on any atom is -0.460 e. The van der Waals surface area contributed by atoms with Gasteiger partial charge in [-0.3, -0.25) is 4.79 Å². The van der Waals surface area contributed by atoms with Gasteiger partial charge in [-0.05, 0) is 55.0 Å². The van der Waals surface area contributed by atoms with Gasteiger partial charge in [0, 0.05) is 11.1 Å². The van der Waals surface area contributed by atoms with Crippen LogP contribution in [0.5, 0.6) is 17.2 Å². The second-order valence-electron chi connectivity index (χ2n) is 6.41. The van der Waals surface area contributed by atoms with Crippen LogP contribution >= 0.6 is 11.6 Å². The van der Waals surface area contributed by atoms with Crippen LogP contribution < -0.4 is 14.9 Å². The number of carbonyl (C=O) groups excluding carboxylic acids is 1. The Morgan fingerprint density at radius 1 is 0.966 bits per heavy atom. The van der Waals surface area contributed by atoms with Crippen LogP contribution in [0.2, 0.25) is 5.02 Å². The number of hydrogen-bond donors (Lipinski definition) is 0. The van der Waals surface area contributed by atoms with Crippen LogP contribution in [0.15, 0.2) is 82.2 Å². The van der Waals surface area contributed by atoms with Gasteiger partial charge in [0.15, 0.2) is 0 Å². The van der Waals surface area contributed by atoms with Crippen molar-refractivity contribution >= 4 is 28.5 Å². The SMILES string of the molecule is Cc1cccc(Oc2coc3cc(OC(=O)c4cccc(Cl)c4)ccc3c2=O)c1. The smallest absolute Gasteiger partial charge is 0.343 e. The van der Waals surface area contributed by atoms with E-state index in [1.165, 1.54) is 30.5 Å². The first-order chi connectivity index (χ1) is 14.0. The number of benzene rings is 3. The molecule has 6 heteroatoms. The molecule has 0 fully saturated rings. The first kappa shape index (κ1) is 18.8. The molecular weight excluding hydrogens is 392 g/mol. The molecule has 0 amide bonds. The first-order valence-corrected chi connectivity index (χ1v) is 9.15. The van der Waals surface area contributed by atoms with Crippen LogP contribution in [-0.2, 0) is 0 Å². The number of aryl methyl sites for hydroxylation is 1. The lowest BCUT2D eigenvalue weighted by atomic mass is 10.2. The van der Waals surface area contributed by atoms with Crippen LogP contribution in [0.1, 0.15) is 15.9 Å². The van der Waals surface area contributed by atoms with Gasteiger partial charge in [0.05, 0.1) is 10.9 Å². The maximum Gasteiger partial charge on any atom is 0.343 e. The summed E-state index contributed by atoms with van der Waals surface area (Å²) in [6, 6.07) is 18.3. The fraction of sp³-hybridized carbons (Fsp3) is 0.0435. The van der Waals surface area contributed by atoms with Crippen molar-refractivity contribution in [3.05, 3.63) is 99.4 Å². The Hall–Kier alpha value is -3.57. The topological polar surface area (TPSA) is 65.7 Å². The highest BCUT2D eigenvalue weighted by Gasteiger charge is 2.13. The fourth-order valence-electron chi connectivity index (χ4n) is 2.81. The van der Waals surface area contributed by atoms with Crippen LogP contribution in [0, 0.1) is 6.92 Å². The van der Waals surface area contributed by atoms with Crippen molar-refractivity contribution in [1.29, 1.82) is 0 Å². The van der Waals surface area contributed by atoms with E-state index in [-0.39, 0.29) is 22.5 Å². The zero-order chi connectivity index (χ0) is 20.4. The highest BCUT2D eigenvalue weighted by molar-refractivity contribution is 6.30. The quantitative estimate of drug-likeness (QED) is 0.318. The zero-order valence-corrected chi connectivity index (χ0v) is 16.1. The van der Waals surface area contributed by atoms with Gasteiger partial charge >= 0.3 is 5.97 Å². The minimum atomic E-state index is -0.561. The summed E-state index contributed by atoms with van der Waals surface area (Å²) in [4.78, 5) is 25.0. The van der Waals surface area contributed by atoms with E-state index >= 15 is 0 Å². The van der Waals surface area contributed by atoms with Crippen LogP contribution in [-0.4, -0.2) is 5.97 Å². The van der Waals surface area contributed by atoms with E-state index in [9.17, 15) is 9.59 Å². The van der Waals surface area contributed by atoms with Crippen molar-refractivity contribution < 1.29 is 18.7 Å². The number of ether oxygens (including phenoxy) is 2. The number of esters is 1. The molecule has 0 atom stereocenters. The molecular formula is C23H15ClO5. The summed E-state index contributed by atoms with van der Waals surface area (Å²) >= 11 is 5.90. The minimum absolute atomic E-state index is 0.0757. The molecule has 5 nitrogen and oxygen atoms in total. The molecule has 4 rings (SSSR count). The molecule has 0 aliphatic heterocycles. The van der Waals surface area contributed by atoms with Gasteiger partial charge in [0.2, 0.25) is 11.2 Å². The monoisotopic (exact) mass is 406 g/mol. The van der Waals surface area contributed by atoms with E-state index in [0.29, 0.717) is 21.7 Å². The third-order valence-corrected chi connectivity index (χ3v) is 4.44. The maximum absolute atomic E-state index is 12.7. The molecule has 144 valence electrons. The molecule has 0 aliphatic carbocycles. The van der Waals surface area contributed by atoms with Gasteiger partial charge in [-0.1, -0.05) is 29.8 Å². The van der Waals surface area contributed by atoms with E-state index in [1.807, 2.05) is 25.1 Å². The summed E-state index contributed by atoms with van der Waals surface area (Å²) in [6.45, 7) is 1.93. The third-order valence-electron chi connectivity index (χ3n) is 4.20. The fourth-order valence-corrected chi connectivity index (χ4v) is 3.00. The van der Waals surface area contributed by atoms with Crippen LogP contribution in [0.4, 0.5) is 0 Å². The van der Waals surface area contributed by atoms with E-state index in [4.69, 9.17) is 25.5 Å². The number of carbonyl (C=O) groups is 1. The molecule has 0 aliphatic rings. The van der Waals surface area contributed by atoms with Gasteiger partial charge in [-0.15, -0.1) is 0 Å². The number of halogens is 1. The standard InChI is InChI=1S/C23H15ClO5/c1-14-4-2-7-17(10-14)28-21-13-27-20-12-18(8-9-19(20)22(21)25)29-23(26)15-5-3-6-16(24)11-15/h2-13H,1H3. The van der Waals surface area contributed by atoms with Crippen molar-refractivity contribution in [3.63, 3.8) is 0 Å². The van der Waals surface area contributed by atoms with Crippen molar-refractivity contribution in [1.82, 2.24) is 0 Å². The van der Waals surface area contributed by atoms with Gasteiger partial charge in [-0.2, -0.15) is 0 Å². The largest absolute Gasteiger partial charge is 0.460 e. The number of fused-ring (bicyclic) bond motifs is 1. The summed E-state index contributed by atoms with van der Waals surface area (Å²) in [5.41, 5.74) is 1.29. The lowest BCUT2D eigenvalue weighted by Gasteiger charge is -2.08. The van der Waals surface area contributed by atoms with Crippen molar-refractivity contribution in [3.8, 4) is 17.2 Å². The maximum atomic E-state index is 12.7. The summed E-state index contributed by atoms with van der Waals surface area (Å²) in [6.07, 6.45) is 1.25. The van der Waals surface area contributed by atoms with Gasteiger partial charge in [0.1, 0.15) is 23.3 Å². The average molecular weight is 407 g/mol. The second-order valence-corrected chi connectivity index (χ2v) is 6.84. The number of rotatable bonds is 4. The summed E-state index contributed by atoms with van der Waals surface area (Å²) in [5, 5.41) is 0.753. The van der Waals surface area contributed by atoms with Crippen molar-refractivity contribution in [2.75, 3.05) is 0 Å². The molecule has 0 N–H and O–H groups in total. The first-order valence-electron chi connectivity index (χ1n) is 8.77. The summed E-state index contributed by atoms with van der Waals surface area (Å²) in [7, 11) is 0. The van der Waals surface area contributed by atoms with E-state index in [1.54, 1.807) is 24.3 Å².